The van der Waals surface area contributed by atoms with Crippen molar-refractivity contribution in [3.05, 3.63) is 83.0 Å². The highest BCUT2D eigenvalue weighted by atomic mass is 79.9. The van der Waals surface area contributed by atoms with Gasteiger partial charge in [-0.25, -0.2) is 9.79 Å². The predicted molar refractivity (Wildman–Crippen MR) is 150 cm³/mol. The van der Waals surface area contributed by atoms with Crippen molar-refractivity contribution in [1.82, 2.24) is 4.57 Å². The van der Waals surface area contributed by atoms with E-state index in [2.05, 4.69) is 20.9 Å². The molecule has 0 radical (unpaired) electrons. The smallest absolute Gasteiger partial charge is 0.338 e. The van der Waals surface area contributed by atoms with Gasteiger partial charge < -0.3 is 18.9 Å². The van der Waals surface area contributed by atoms with Gasteiger partial charge in [0.15, 0.2) is 16.3 Å². The molecule has 0 N–H and O–H groups in total. The first kappa shape index (κ1) is 27.7. The predicted octanol–water partition coefficient (Wildman–Crippen LogP) is 4.37. The van der Waals surface area contributed by atoms with Gasteiger partial charge in [-0.3, -0.25) is 9.36 Å². The Morgan fingerprint density at radius 2 is 1.89 bits per heavy atom. The lowest BCUT2D eigenvalue weighted by Crippen LogP contribution is -2.40. The second kappa shape index (κ2) is 11.6. The zero-order valence-electron chi connectivity index (χ0n) is 22.0. The normalized spacial score (nSPS) is 15.3. The maximum absolute atomic E-state index is 13.9. The number of benzene rings is 2. The van der Waals surface area contributed by atoms with Gasteiger partial charge in [0.2, 0.25) is 0 Å². The number of carbonyl (C=O) groups excluding carboxylic acids is 1. The summed E-state index contributed by atoms with van der Waals surface area (Å²) in [6, 6.07) is 10.3. The number of aromatic nitrogens is 1. The van der Waals surface area contributed by atoms with Gasteiger partial charge in [-0.15, -0.1) is 0 Å². The summed E-state index contributed by atoms with van der Waals surface area (Å²) in [6.45, 7) is 7.59. The molecule has 200 valence electrons. The molecule has 4 rings (SSSR count). The number of thiazole rings is 1. The van der Waals surface area contributed by atoms with Crippen LogP contribution in [0, 0.1) is 0 Å². The number of halogens is 1. The number of rotatable bonds is 8. The van der Waals surface area contributed by atoms with E-state index in [-0.39, 0.29) is 23.8 Å². The molecule has 3 aromatic rings. The van der Waals surface area contributed by atoms with Crippen LogP contribution in [-0.2, 0) is 9.53 Å². The lowest BCUT2D eigenvalue weighted by Gasteiger charge is -2.26. The minimum atomic E-state index is -0.794. The number of hydrogen-bond acceptors (Lipinski definition) is 8. The van der Waals surface area contributed by atoms with Crippen LogP contribution in [0.15, 0.2) is 61.9 Å². The van der Waals surface area contributed by atoms with Crippen molar-refractivity contribution in [3.8, 4) is 17.2 Å². The summed E-state index contributed by atoms with van der Waals surface area (Å²) in [4.78, 5) is 32.2. The van der Waals surface area contributed by atoms with Gasteiger partial charge in [-0.2, -0.15) is 0 Å². The van der Waals surface area contributed by atoms with Crippen molar-refractivity contribution in [2.45, 2.75) is 39.8 Å². The van der Waals surface area contributed by atoms with E-state index < -0.39 is 12.0 Å². The van der Waals surface area contributed by atoms with Gasteiger partial charge in [0.1, 0.15) is 5.75 Å². The van der Waals surface area contributed by atoms with E-state index in [0.717, 1.165) is 5.56 Å². The standard InChI is InChI=1S/C28H29BrN2O6S/c1-7-36-27(33)24-16(4)30-28-31(25(24)19-13-21(34-5)22(35-6)14-20(19)29)26(32)23(38-28)12-17-9-8-10-18(11-17)37-15(2)3/h8-15,25H,7H2,1-6H3/b23-12-/t25-/m1/s1. The fraction of sp³-hybridized carbons (Fsp3) is 0.321. The molecule has 2 heterocycles. The molecular formula is C28H29BrN2O6S. The molecule has 10 heteroatoms. The van der Waals surface area contributed by atoms with Crippen LogP contribution in [0.2, 0.25) is 0 Å². The topological polar surface area (TPSA) is 88.4 Å². The van der Waals surface area contributed by atoms with Gasteiger partial charge in [0.05, 0.1) is 48.8 Å². The van der Waals surface area contributed by atoms with Crippen LogP contribution in [0.1, 0.15) is 44.9 Å². The number of carbonyl (C=O) groups is 1. The number of methoxy groups -OCH3 is 2. The molecule has 2 aromatic carbocycles. The fourth-order valence-corrected chi connectivity index (χ4v) is 5.85. The summed E-state index contributed by atoms with van der Waals surface area (Å²) >= 11 is 4.87. The van der Waals surface area contributed by atoms with Crippen LogP contribution in [0.25, 0.3) is 6.08 Å². The van der Waals surface area contributed by atoms with Gasteiger partial charge in [0, 0.05) is 4.47 Å². The zero-order chi connectivity index (χ0) is 27.6. The molecular weight excluding hydrogens is 572 g/mol. The minimum absolute atomic E-state index is 0.0276. The SMILES string of the molecule is CCOC(=O)C1=C(C)N=c2s/c(=C\c3cccc(OC(C)C)c3)c(=O)n2[C@@H]1c1cc(OC)c(OC)cc1Br. The highest BCUT2D eigenvalue weighted by molar-refractivity contribution is 9.10. The summed E-state index contributed by atoms with van der Waals surface area (Å²) in [7, 11) is 3.08. The number of fused-ring (bicyclic) bond motifs is 1. The minimum Gasteiger partial charge on any atom is -0.493 e. The Morgan fingerprint density at radius 3 is 2.55 bits per heavy atom. The first-order valence-corrected chi connectivity index (χ1v) is 13.7. The van der Waals surface area contributed by atoms with Crippen molar-refractivity contribution in [2.75, 3.05) is 20.8 Å². The Bertz CT molecular complexity index is 1590. The third-order valence-corrected chi connectivity index (χ3v) is 7.51. The first-order valence-electron chi connectivity index (χ1n) is 12.1. The Morgan fingerprint density at radius 1 is 1.18 bits per heavy atom. The van der Waals surface area contributed by atoms with E-state index in [1.54, 1.807) is 39.2 Å². The second-order valence-corrected chi connectivity index (χ2v) is 10.6. The average Bonchev–Trinajstić information content (AvgIpc) is 3.17. The third kappa shape index (κ3) is 5.42. The van der Waals surface area contributed by atoms with Crippen LogP contribution in [0.3, 0.4) is 0 Å². The van der Waals surface area contributed by atoms with Gasteiger partial charge in [0.25, 0.3) is 5.56 Å². The lowest BCUT2D eigenvalue weighted by molar-refractivity contribution is -0.139. The number of ether oxygens (including phenoxy) is 4. The molecule has 0 saturated heterocycles. The van der Waals surface area contributed by atoms with Crippen molar-refractivity contribution in [2.24, 2.45) is 4.99 Å². The molecule has 1 atom stereocenters. The molecule has 0 bridgehead atoms. The van der Waals surface area contributed by atoms with Crippen LogP contribution in [0.4, 0.5) is 0 Å². The quantitative estimate of drug-likeness (QED) is 0.357. The zero-order valence-corrected chi connectivity index (χ0v) is 24.4. The molecule has 38 heavy (non-hydrogen) atoms. The van der Waals surface area contributed by atoms with E-state index in [1.165, 1.54) is 23.0 Å². The van der Waals surface area contributed by atoms with Crippen molar-refractivity contribution < 1.29 is 23.7 Å². The number of nitrogens with zero attached hydrogens (tertiary/aromatic N) is 2. The molecule has 0 spiro atoms. The van der Waals surface area contributed by atoms with E-state index in [9.17, 15) is 9.59 Å². The third-order valence-electron chi connectivity index (χ3n) is 5.84. The van der Waals surface area contributed by atoms with Crippen molar-refractivity contribution >= 4 is 39.3 Å². The first-order chi connectivity index (χ1) is 18.2. The number of hydrogen-bond donors (Lipinski definition) is 0. The summed E-state index contributed by atoms with van der Waals surface area (Å²) in [5, 5.41) is 0. The molecule has 8 nitrogen and oxygen atoms in total. The van der Waals surface area contributed by atoms with E-state index in [0.29, 0.717) is 42.3 Å². The summed E-state index contributed by atoms with van der Waals surface area (Å²) in [5.74, 6) is 1.16. The molecule has 1 aliphatic heterocycles. The van der Waals surface area contributed by atoms with Crippen LogP contribution in [-0.4, -0.2) is 37.5 Å². The van der Waals surface area contributed by atoms with E-state index >= 15 is 0 Å². The largest absolute Gasteiger partial charge is 0.493 e. The molecule has 0 aliphatic carbocycles. The maximum Gasteiger partial charge on any atom is 0.338 e. The van der Waals surface area contributed by atoms with Crippen LogP contribution < -0.4 is 29.1 Å². The highest BCUT2D eigenvalue weighted by Crippen LogP contribution is 2.40. The van der Waals surface area contributed by atoms with Gasteiger partial charge in [-0.1, -0.05) is 39.4 Å². The monoisotopic (exact) mass is 600 g/mol. The number of allylic oxidation sites excluding steroid dienone is 1. The summed E-state index contributed by atoms with van der Waals surface area (Å²) in [5.41, 5.74) is 1.95. The molecule has 0 amide bonds. The Balaban J connectivity index is 1.96. The fourth-order valence-electron chi connectivity index (χ4n) is 4.27. The summed E-state index contributed by atoms with van der Waals surface area (Å²) < 4.78 is 24.8. The highest BCUT2D eigenvalue weighted by Gasteiger charge is 2.35. The van der Waals surface area contributed by atoms with Gasteiger partial charge >= 0.3 is 5.97 Å². The lowest BCUT2D eigenvalue weighted by atomic mass is 9.95. The molecule has 0 saturated carbocycles. The average molecular weight is 602 g/mol. The molecule has 0 unspecified atom stereocenters. The second-order valence-electron chi connectivity index (χ2n) is 8.77. The summed E-state index contributed by atoms with van der Waals surface area (Å²) in [6.07, 6.45) is 1.83. The number of esters is 1. The Labute approximate surface area is 233 Å². The van der Waals surface area contributed by atoms with Gasteiger partial charge in [-0.05, 0) is 69.2 Å². The molecule has 0 fully saturated rings. The van der Waals surface area contributed by atoms with Crippen molar-refractivity contribution in [1.29, 1.82) is 0 Å². The Hall–Kier alpha value is -3.37. The maximum atomic E-state index is 13.9. The molecule has 1 aromatic heterocycles. The van der Waals surface area contributed by atoms with E-state index in [1.807, 2.05) is 38.1 Å². The van der Waals surface area contributed by atoms with E-state index in [4.69, 9.17) is 18.9 Å². The van der Waals surface area contributed by atoms with Crippen LogP contribution >= 0.6 is 27.3 Å². The van der Waals surface area contributed by atoms with Crippen LogP contribution in [0.5, 0.6) is 17.2 Å². The van der Waals surface area contributed by atoms with Crippen molar-refractivity contribution in [3.63, 3.8) is 0 Å². The molecule has 1 aliphatic rings. The Kier molecular flexibility index (Phi) is 8.42.